The lowest BCUT2D eigenvalue weighted by atomic mass is 10.1. The number of morpholine rings is 1. The van der Waals surface area contributed by atoms with E-state index in [1.54, 1.807) is 11.9 Å². The molecule has 1 saturated carbocycles. The summed E-state index contributed by atoms with van der Waals surface area (Å²) in [6.07, 6.45) is 3.96. The summed E-state index contributed by atoms with van der Waals surface area (Å²) < 4.78 is 6.66. The summed E-state index contributed by atoms with van der Waals surface area (Å²) >= 11 is 0. The van der Waals surface area contributed by atoms with Gasteiger partial charge in [-0.3, -0.25) is 19.1 Å². The van der Waals surface area contributed by atoms with Crippen molar-refractivity contribution in [3.05, 3.63) is 11.8 Å². The van der Waals surface area contributed by atoms with E-state index in [0.29, 0.717) is 32.1 Å². The topological polar surface area (TPSA) is 106 Å². The van der Waals surface area contributed by atoms with Gasteiger partial charge in [0.2, 0.25) is 11.8 Å². The van der Waals surface area contributed by atoms with Crippen molar-refractivity contribution in [2.24, 2.45) is 13.0 Å². The highest BCUT2D eigenvalue weighted by molar-refractivity contribution is 5.97. The van der Waals surface area contributed by atoms with Gasteiger partial charge in [0, 0.05) is 32.1 Å². The quantitative estimate of drug-likeness (QED) is 0.774. The van der Waals surface area contributed by atoms with Gasteiger partial charge in [-0.05, 0) is 12.8 Å². The number of aromatic nitrogens is 2. The molecular formula is C17H25N5O4. The summed E-state index contributed by atoms with van der Waals surface area (Å²) in [6.45, 7) is 2.03. The predicted octanol–water partition coefficient (Wildman–Crippen LogP) is 0.137. The van der Waals surface area contributed by atoms with Gasteiger partial charge in [-0.25, -0.2) is 0 Å². The Bertz CT molecular complexity index is 675. The number of nitrogens with zero attached hydrogens (tertiary/aromatic N) is 3. The van der Waals surface area contributed by atoms with Crippen molar-refractivity contribution in [1.29, 1.82) is 0 Å². The molecule has 0 unspecified atom stereocenters. The number of hydrogen-bond acceptors (Lipinski definition) is 5. The molecule has 2 aliphatic rings. The van der Waals surface area contributed by atoms with Crippen molar-refractivity contribution in [2.45, 2.75) is 25.7 Å². The Morgan fingerprint density at radius 1 is 1.23 bits per heavy atom. The fraction of sp³-hybridized carbons (Fsp3) is 0.647. The lowest BCUT2D eigenvalue weighted by molar-refractivity contribution is -0.134. The second-order valence-electron chi connectivity index (χ2n) is 6.68. The molecule has 9 heteroatoms. The second-order valence-corrected chi connectivity index (χ2v) is 6.68. The largest absolute Gasteiger partial charge is 0.378 e. The molecule has 1 aromatic heterocycles. The van der Waals surface area contributed by atoms with Crippen molar-refractivity contribution in [3.63, 3.8) is 0 Å². The van der Waals surface area contributed by atoms with Crippen LogP contribution in [0.3, 0.4) is 0 Å². The third-order valence-electron chi connectivity index (χ3n) is 4.85. The normalized spacial score (nSPS) is 18.0. The molecule has 26 heavy (non-hydrogen) atoms. The Kier molecular flexibility index (Phi) is 5.87. The molecule has 2 heterocycles. The van der Waals surface area contributed by atoms with E-state index in [2.05, 4.69) is 15.7 Å². The van der Waals surface area contributed by atoms with Crippen LogP contribution < -0.4 is 10.6 Å². The number of amides is 3. The van der Waals surface area contributed by atoms with Gasteiger partial charge >= 0.3 is 0 Å². The van der Waals surface area contributed by atoms with Gasteiger partial charge < -0.3 is 20.3 Å². The smallest absolute Gasteiger partial charge is 0.272 e. The molecule has 9 nitrogen and oxygen atoms in total. The van der Waals surface area contributed by atoms with E-state index >= 15 is 0 Å². The number of carbonyl (C=O) groups excluding carboxylic acids is 3. The molecule has 1 saturated heterocycles. The molecule has 3 amide bonds. The molecular weight excluding hydrogens is 338 g/mol. The number of rotatable bonds is 5. The fourth-order valence-electron chi connectivity index (χ4n) is 3.28. The fourth-order valence-corrected chi connectivity index (χ4v) is 3.28. The van der Waals surface area contributed by atoms with Crippen LogP contribution in [0.2, 0.25) is 0 Å². The second kappa shape index (κ2) is 8.31. The Morgan fingerprint density at radius 2 is 1.92 bits per heavy atom. The van der Waals surface area contributed by atoms with Crippen LogP contribution >= 0.6 is 0 Å². The van der Waals surface area contributed by atoms with Crippen LogP contribution in [0.15, 0.2) is 6.07 Å². The van der Waals surface area contributed by atoms with Crippen LogP contribution in [-0.4, -0.2) is 65.2 Å². The number of aryl methyl sites for hydroxylation is 1. The first-order chi connectivity index (χ1) is 12.5. The lowest BCUT2D eigenvalue weighted by Crippen LogP contribution is -2.45. The molecule has 2 N–H and O–H groups in total. The molecule has 0 bridgehead atoms. The minimum Gasteiger partial charge on any atom is -0.378 e. The van der Waals surface area contributed by atoms with E-state index in [0.717, 1.165) is 25.7 Å². The minimum atomic E-state index is -0.441. The van der Waals surface area contributed by atoms with E-state index in [4.69, 9.17) is 4.74 Å². The maximum Gasteiger partial charge on any atom is 0.272 e. The molecule has 142 valence electrons. The van der Waals surface area contributed by atoms with Gasteiger partial charge in [0.1, 0.15) is 5.82 Å². The Labute approximate surface area is 152 Å². The van der Waals surface area contributed by atoms with Gasteiger partial charge in [-0.1, -0.05) is 12.8 Å². The predicted molar refractivity (Wildman–Crippen MR) is 93.5 cm³/mol. The van der Waals surface area contributed by atoms with Crippen molar-refractivity contribution < 1.29 is 19.1 Å². The molecule has 0 atom stereocenters. The monoisotopic (exact) mass is 363 g/mol. The first-order valence-electron chi connectivity index (χ1n) is 9.03. The molecule has 1 aliphatic heterocycles. The number of ether oxygens (including phenoxy) is 1. The SMILES string of the molecule is Cn1nc(C(=O)NCC(=O)N2CCOCC2)cc1NC(=O)C1CCCC1. The average molecular weight is 363 g/mol. The third-order valence-corrected chi connectivity index (χ3v) is 4.85. The summed E-state index contributed by atoms with van der Waals surface area (Å²) in [5.74, 6) is -0.101. The van der Waals surface area contributed by atoms with Crippen LogP contribution in [0.1, 0.15) is 36.2 Å². The van der Waals surface area contributed by atoms with Gasteiger partial charge in [-0.15, -0.1) is 0 Å². The number of hydrogen-bond donors (Lipinski definition) is 2. The molecule has 0 aromatic carbocycles. The number of carbonyl (C=O) groups is 3. The number of anilines is 1. The van der Waals surface area contributed by atoms with Crippen molar-refractivity contribution in [1.82, 2.24) is 20.0 Å². The van der Waals surface area contributed by atoms with Crippen molar-refractivity contribution in [3.8, 4) is 0 Å². The molecule has 1 aliphatic carbocycles. The van der Waals surface area contributed by atoms with Crippen LogP contribution in [0.5, 0.6) is 0 Å². The highest BCUT2D eigenvalue weighted by Crippen LogP contribution is 2.26. The summed E-state index contributed by atoms with van der Waals surface area (Å²) in [7, 11) is 1.67. The Morgan fingerprint density at radius 3 is 2.62 bits per heavy atom. The molecule has 3 rings (SSSR count). The van der Waals surface area contributed by atoms with Crippen LogP contribution in [0, 0.1) is 5.92 Å². The van der Waals surface area contributed by atoms with Gasteiger partial charge in [0.05, 0.1) is 19.8 Å². The standard InChI is InChI=1S/C17H25N5O4/c1-21-14(19-16(24)12-4-2-3-5-12)10-13(20-21)17(25)18-11-15(23)22-6-8-26-9-7-22/h10,12H,2-9,11H2,1H3,(H,18,25)(H,19,24). The highest BCUT2D eigenvalue weighted by atomic mass is 16.5. The summed E-state index contributed by atoms with van der Waals surface area (Å²) in [5, 5.41) is 9.55. The first kappa shape index (κ1) is 18.4. The Hall–Kier alpha value is -2.42. The average Bonchev–Trinajstić information content (AvgIpc) is 3.31. The zero-order valence-corrected chi connectivity index (χ0v) is 15.0. The van der Waals surface area contributed by atoms with Gasteiger partial charge in [0.25, 0.3) is 5.91 Å². The zero-order chi connectivity index (χ0) is 18.5. The van der Waals surface area contributed by atoms with E-state index in [1.165, 1.54) is 10.7 Å². The molecule has 0 spiro atoms. The van der Waals surface area contributed by atoms with E-state index < -0.39 is 5.91 Å². The third kappa shape index (κ3) is 4.40. The number of nitrogens with one attached hydrogen (secondary N) is 2. The van der Waals surface area contributed by atoms with Crippen molar-refractivity contribution in [2.75, 3.05) is 38.2 Å². The maximum absolute atomic E-state index is 12.2. The molecule has 0 radical (unpaired) electrons. The van der Waals surface area contributed by atoms with E-state index in [9.17, 15) is 14.4 Å². The molecule has 2 fully saturated rings. The molecule has 1 aromatic rings. The van der Waals surface area contributed by atoms with Crippen LogP contribution in [0.4, 0.5) is 5.82 Å². The zero-order valence-electron chi connectivity index (χ0n) is 15.0. The Balaban J connectivity index is 1.52. The lowest BCUT2D eigenvalue weighted by Gasteiger charge is -2.26. The van der Waals surface area contributed by atoms with Gasteiger partial charge in [-0.2, -0.15) is 5.10 Å². The van der Waals surface area contributed by atoms with Gasteiger partial charge in [0.15, 0.2) is 5.69 Å². The van der Waals surface area contributed by atoms with E-state index in [1.807, 2.05) is 0 Å². The summed E-state index contributed by atoms with van der Waals surface area (Å²) in [5.41, 5.74) is 0.170. The minimum absolute atomic E-state index is 0.0278. The van der Waals surface area contributed by atoms with E-state index in [-0.39, 0.29) is 30.0 Å². The van der Waals surface area contributed by atoms with Crippen LogP contribution in [0.25, 0.3) is 0 Å². The maximum atomic E-state index is 12.2. The first-order valence-corrected chi connectivity index (χ1v) is 9.03. The highest BCUT2D eigenvalue weighted by Gasteiger charge is 2.24. The van der Waals surface area contributed by atoms with Crippen molar-refractivity contribution >= 4 is 23.5 Å². The summed E-state index contributed by atoms with van der Waals surface area (Å²) in [6, 6.07) is 1.53. The summed E-state index contributed by atoms with van der Waals surface area (Å²) in [4.78, 5) is 38.2. The van der Waals surface area contributed by atoms with Crippen LogP contribution in [-0.2, 0) is 21.4 Å².